The number of likely N-dealkylation sites (N-methyl/N-ethyl adjacent to an activating group) is 1. The molecule has 1 aliphatic rings. The molecule has 0 aromatic carbocycles. The molecule has 1 aliphatic carbocycles. The van der Waals surface area contributed by atoms with Gasteiger partial charge in [-0.25, -0.2) is 4.98 Å². The fourth-order valence-electron chi connectivity index (χ4n) is 2.04. The van der Waals surface area contributed by atoms with Crippen LogP contribution < -0.4 is 11.1 Å². The predicted molar refractivity (Wildman–Crippen MR) is 71.3 cm³/mol. The van der Waals surface area contributed by atoms with E-state index in [1.54, 1.807) is 18.3 Å². The Kier molecular flexibility index (Phi) is 4.15. The standard InChI is InChI=1S/C13H20N4O/c1-2-17(10-5-6-10)9-8-16-13(18)12-11(14)4-3-7-15-12/h3-4,7,10H,2,5-6,8-9,14H2,1H3,(H,16,18). The zero-order valence-corrected chi connectivity index (χ0v) is 10.7. The maximum absolute atomic E-state index is 11.8. The fraction of sp³-hybridized carbons (Fsp3) is 0.538. The van der Waals surface area contributed by atoms with E-state index < -0.39 is 0 Å². The highest BCUT2D eigenvalue weighted by molar-refractivity contribution is 5.96. The lowest BCUT2D eigenvalue weighted by Crippen LogP contribution is -2.36. The zero-order chi connectivity index (χ0) is 13.0. The molecule has 0 aliphatic heterocycles. The van der Waals surface area contributed by atoms with Crippen molar-refractivity contribution in [1.29, 1.82) is 0 Å². The Morgan fingerprint density at radius 3 is 3.00 bits per heavy atom. The molecule has 5 heteroatoms. The molecule has 0 spiro atoms. The van der Waals surface area contributed by atoms with E-state index in [0.717, 1.165) is 19.1 Å². The Morgan fingerprint density at radius 2 is 2.39 bits per heavy atom. The first-order valence-electron chi connectivity index (χ1n) is 6.45. The minimum absolute atomic E-state index is 0.194. The number of nitrogen functional groups attached to an aromatic ring is 1. The number of carbonyl (C=O) groups is 1. The fourth-order valence-corrected chi connectivity index (χ4v) is 2.04. The summed E-state index contributed by atoms with van der Waals surface area (Å²) in [5, 5.41) is 2.86. The maximum Gasteiger partial charge on any atom is 0.272 e. The van der Waals surface area contributed by atoms with Crippen LogP contribution in [0.15, 0.2) is 18.3 Å². The number of carbonyl (C=O) groups excluding carboxylic acids is 1. The monoisotopic (exact) mass is 248 g/mol. The van der Waals surface area contributed by atoms with Crippen molar-refractivity contribution in [3.63, 3.8) is 0 Å². The van der Waals surface area contributed by atoms with Crippen molar-refractivity contribution < 1.29 is 4.79 Å². The number of aromatic nitrogens is 1. The van der Waals surface area contributed by atoms with Gasteiger partial charge in [0.1, 0.15) is 0 Å². The molecule has 1 saturated carbocycles. The highest BCUT2D eigenvalue weighted by Crippen LogP contribution is 2.25. The highest BCUT2D eigenvalue weighted by atomic mass is 16.1. The second-order valence-electron chi connectivity index (χ2n) is 4.56. The van der Waals surface area contributed by atoms with Gasteiger partial charge in [-0.2, -0.15) is 0 Å². The second kappa shape index (κ2) is 5.82. The van der Waals surface area contributed by atoms with Gasteiger partial charge in [0.25, 0.3) is 5.91 Å². The van der Waals surface area contributed by atoms with Crippen LogP contribution in [0.3, 0.4) is 0 Å². The van der Waals surface area contributed by atoms with Crippen LogP contribution in [0.4, 0.5) is 5.69 Å². The molecule has 5 nitrogen and oxygen atoms in total. The van der Waals surface area contributed by atoms with Gasteiger partial charge in [0.15, 0.2) is 5.69 Å². The van der Waals surface area contributed by atoms with Gasteiger partial charge >= 0.3 is 0 Å². The van der Waals surface area contributed by atoms with E-state index >= 15 is 0 Å². The summed E-state index contributed by atoms with van der Waals surface area (Å²) in [5.41, 5.74) is 6.44. The number of nitrogens with two attached hydrogens (primary N) is 1. The summed E-state index contributed by atoms with van der Waals surface area (Å²) >= 11 is 0. The lowest BCUT2D eigenvalue weighted by Gasteiger charge is -2.19. The summed E-state index contributed by atoms with van der Waals surface area (Å²) < 4.78 is 0. The smallest absolute Gasteiger partial charge is 0.272 e. The summed E-state index contributed by atoms with van der Waals surface area (Å²) in [6.07, 6.45) is 4.15. The van der Waals surface area contributed by atoms with Crippen molar-refractivity contribution in [1.82, 2.24) is 15.2 Å². The van der Waals surface area contributed by atoms with Crippen LogP contribution in [0, 0.1) is 0 Å². The van der Waals surface area contributed by atoms with Gasteiger partial charge in [0.2, 0.25) is 0 Å². The molecule has 0 saturated heterocycles. The van der Waals surface area contributed by atoms with E-state index in [2.05, 4.69) is 22.1 Å². The molecule has 0 atom stereocenters. The van der Waals surface area contributed by atoms with Gasteiger partial charge in [0.05, 0.1) is 5.69 Å². The van der Waals surface area contributed by atoms with E-state index in [1.165, 1.54) is 12.8 Å². The minimum atomic E-state index is -0.194. The van der Waals surface area contributed by atoms with Gasteiger partial charge < -0.3 is 11.1 Å². The lowest BCUT2D eigenvalue weighted by molar-refractivity contribution is 0.0944. The molecule has 1 fully saturated rings. The van der Waals surface area contributed by atoms with Crippen LogP contribution in [-0.2, 0) is 0 Å². The Hall–Kier alpha value is -1.62. The number of anilines is 1. The molecule has 0 bridgehead atoms. The molecular formula is C13H20N4O. The average Bonchev–Trinajstić information content (AvgIpc) is 3.19. The van der Waals surface area contributed by atoms with E-state index in [4.69, 9.17) is 5.73 Å². The lowest BCUT2D eigenvalue weighted by atomic mass is 10.3. The topological polar surface area (TPSA) is 71.2 Å². The SMILES string of the molecule is CCN(CCNC(=O)c1ncccc1N)C1CC1. The average molecular weight is 248 g/mol. The summed E-state index contributed by atoms with van der Waals surface area (Å²) in [6.45, 7) is 4.71. The van der Waals surface area contributed by atoms with E-state index in [1.807, 2.05) is 0 Å². The number of hydrogen-bond donors (Lipinski definition) is 2. The van der Waals surface area contributed by atoms with Crippen molar-refractivity contribution in [2.75, 3.05) is 25.4 Å². The summed E-state index contributed by atoms with van der Waals surface area (Å²) in [7, 11) is 0. The Labute approximate surface area is 107 Å². The normalized spacial score (nSPS) is 14.8. The molecule has 98 valence electrons. The van der Waals surface area contributed by atoms with E-state index in [0.29, 0.717) is 17.9 Å². The third kappa shape index (κ3) is 3.20. The zero-order valence-electron chi connectivity index (χ0n) is 10.7. The van der Waals surface area contributed by atoms with Crippen LogP contribution in [0.5, 0.6) is 0 Å². The second-order valence-corrected chi connectivity index (χ2v) is 4.56. The van der Waals surface area contributed by atoms with Crippen molar-refractivity contribution >= 4 is 11.6 Å². The Balaban J connectivity index is 1.79. The maximum atomic E-state index is 11.8. The van der Waals surface area contributed by atoms with E-state index in [-0.39, 0.29) is 5.91 Å². The molecule has 1 aromatic heterocycles. The Bertz CT molecular complexity index is 417. The van der Waals surface area contributed by atoms with Crippen LogP contribution in [0.2, 0.25) is 0 Å². The first-order chi connectivity index (χ1) is 8.72. The van der Waals surface area contributed by atoms with Crippen molar-refractivity contribution in [2.24, 2.45) is 0 Å². The molecule has 0 unspecified atom stereocenters. The first kappa shape index (κ1) is 12.8. The van der Waals surface area contributed by atoms with Crippen LogP contribution in [-0.4, -0.2) is 41.5 Å². The predicted octanol–water partition coefficient (Wildman–Crippen LogP) is 0.878. The molecule has 2 rings (SSSR count). The third-order valence-electron chi connectivity index (χ3n) is 3.21. The summed E-state index contributed by atoms with van der Waals surface area (Å²) in [5.74, 6) is -0.194. The number of amides is 1. The number of pyridine rings is 1. The Morgan fingerprint density at radius 1 is 1.61 bits per heavy atom. The van der Waals surface area contributed by atoms with Crippen LogP contribution >= 0.6 is 0 Å². The van der Waals surface area contributed by atoms with Gasteiger partial charge in [-0.3, -0.25) is 9.69 Å². The summed E-state index contributed by atoms with van der Waals surface area (Å²) in [6, 6.07) is 4.13. The quantitative estimate of drug-likeness (QED) is 0.784. The third-order valence-corrected chi connectivity index (χ3v) is 3.21. The highest BCUT2D eigenvalue weighted by Gasteiger charge is 2.27. The molecule has 3 N–H and O–H groups in total. The number of nitrogens with zero attached hydrogens (tertiary/aromatic N) is 2. The van der Waals surface area contributed by atoms with Gasteiger partial charge in [-0.1, -0.05) is 6.92 Å². The number of hydrogen-bond acceptors (Lipinski definition) is 4. The molecular weight excluding hydrogens is 228 g/mol. The largest absolute Gasteiger partial charge is 0.397 e. The molecule has 1 amide bonds. The van der Waals surface area contributed by atoms with Crippen molar-refractivity contribution in [3.8, 4) is 0 Å². The number of nitrogens with one attached hydrogen (secondary N) is 1. The van der Waals surface area contributed by atoms with Gasteiger partial charge in [-0.05, 0) is 31.5 Å². The van der Waals surface area contributed by atoms with Crippen molar-refractivity contribution in [3.05, 3.63) is 24.0 Å². The van der Waals surface area contributed by atoms with Gasteiger partial charge in [0, 0.05) is 25.3 Å². The number of rotatable bonds is 6. The summed E-state index contributed by atoms with van der Waals surface area (Å²) in [4.78, 5) is 18.2. The minimum Gasteiger partial charge on any atom is -0.397 e. The molecule has 1 heterocycles. The van der Waals surface area contributed by atoms with Crippen LogP contribution in [0.25, 0.3) is 0 Å². The van der Waals surface area contributed by atoms with E-state index in [9.17, 15) is 4.79 Å². The first-order valence-corrected chi connectivity index (χ1v) is 6.45. The molecule has 0 radical (unpaired) electrons. The molecule has 18 heavy (non-hydrogen) atoms. The van der Waals surface area contributed by atoms with Gasteiger partial charge in [-0.15, -0.1) is 0 Å². The van der Waals surface area contributed by atoms with Crippen molar-refractivity contribution in [2.45, 2.75) is 25.8 Å². The van der Waals surface area contributed by atoms with Crippen LogP contribution in [0.1, 0.15) is 30.3 Å². The molecule has 1 aromatic rings.